The molecular weight excluding hydrogens is 320 g/mol. The molecule has 1 aliphatic rings. The first kappa shape index (κ1) is 17.4. The SMILES string of the molecule is CCC(CNC(=O)CC1CSCCN1)Oc1ccccc1Cl. The summed E-state index contributed by atoms with van der Waals surface area (Å²) in [6.07, 6.45) is 1.26. The van der Waals surface area contributed by atoms with E-state index in [-0.39, 0.29) is 18.1 Å². The molecule has 0 saturated carbocycles. The highest BCUT2D eigenvalue weighted by Crippen LogP contribution is 2.24. The van der Waals surface area contributed by atoms with Gasteiger partial charge in [-0.2, -0.15) is 11.8 Å². The minimum Gasteiger partial charge on any atom is -0.487 e. The number of carbonyl (C=O) groups is 1. The van der Waals surface area contributed by atoms with E-state index in [4.69, 9.17) is 16.3 Å². The van der Waals surface area contributed by atoms with E-state index in [0.717, 1.165) is 24.5 Å². The van der Waals surface area contributed by atoms with Gasteiger partial charge in [0.05, 0.1) is 11.6 Å². The molecular formula is C16H23ClN2O2S. The molecule has 1 aromatic carbocycles. The fraction of sp³-hybridized carbons (Fsp3) is 0.562. The first-order valence-corrected chi connectivity index (χ1v) is 9.21. The third kappa shape index (κ3) is 5.71. The van der Waals surface area contributed by atoms with Gasteiger partial charge < -0.3 is 15.4 Å². The van der Waals surface area contributed by atoms with Crippen molar-refractivity contribution in [3.63, 3.8) is 0 Å². The molecule has 0 aliphatic carbocycles. The fourth-order valence-electron chi connectivity index (χ4n) is 2.26. The van der Waals surface area contributed by atoms with Gasteiger partial charge in [-0.15, -0.1) is 0 Å². The van der Waals surface area contributed by atoms with E-state index in [9.17, 15) is 4.79 Å². The Morgan fingerprint density at radius 1 is 1.55 bits per heavy atom. The fourth-order valence-corrected chi connectivity index (χ4v) is 3.39. The Kier molecular flexibility index (Phi) is 7.36. The van der Waals surface area contributed by atoms with E-state index in [0.29, 0.717) is 23.7 Å². The van der Waals surface area contributed by atoms with Gasteiger partial charge in [-0.05, 0) is 18.6 Å². The van der Waals surface area contributed by atoms with Gasteiger partial charge in [-0.25, -0.2) is 0 Å². The second-order valence-electron chi connectivity index (χ2n) is 5.31. The molecule has 1 aromatic rings. The number of benzene rings is 1. The minimum absolute atomic E-state index is 0.0706. The van der Waals surface area contributed by atoms with Crippen molar-refractivity contribution in [2.24, 2.45) is 0 Å². The van der Waals surface area contributed by atoms with E-state index < -0.39 is 0 Å². The summed E-state index contributed by atoms with van der Waals surface area (Å²) in [7, 11) is 0. The molecule has 0 radical (unpaired) electrons. The van der Waals surface area contributed by atoms with Crippen molar-refractivity contribution < 1.29 is 9.53 Å². The van der Waals surface area contributed by atoms with Crippen LogP contribution >= 0.6 is 23.4 Å². The zero-order valence-electron chi connectivity index (χ0n) is 12.8. The molecule has 1 amide bonds. The Morgan fingerprint density at radius 2 is 2.36 bits per heavy atom. The predicted molar refractivity (Wildman–Crippen MR) is 92.9 cm³/mol. The highest BCUT2D eigenvalue weighted by molar-refractivity contribution is 7.99. The molecule has 1 aliphatic heterocycles. The first-order chi connectivity index (χ1) is 10.7. The Morgan fingerprint density at radius 3 is 3.05 bits per heavy atom. The van der Waals surface area contributed by atoms with E-state index in [2.05, 4.69) is 10.6 Å². The Bertz CT molecular complexity index is 481. The van der Waals surface area contributed by atoms with Crippen LogP contribution in [0.25, 0.3) is 0 Å². The van der Waals surface area contributed by atoms with E-state index in [1.54, 1.807) is 6.07 Å². The average Bonchev–Trinajstić information content (AvgIpc) is 2.54. The van der Waals surface area contributed by atoms with Crippen LogP contribution in [0.15, 0.2) is 24.3 Å². The van der Waals surface area contributed by atoms with Crippen molar-refractivity contribution in [3.05, 3.63) is 29.3 Å². The summed E-state index contributed by atoms with van der Waals surface area (Å²) in [6, 6.07) is 7.68. The number of ether oxygens (including phenoxy) is 1. The van der Waals surface area contributed by atoms with Crippen molar-refractivity contribution in [3.8, 4) is 5.75 Å². The number of para-hydroxylation sites is 1. The summed E-state index contributed by atoms with van der Waals surface area (Å²) in [5.41, 5.74) is 0. The summed E-state index contributed by atoms with van der Waals surface area (Å²) in [5.74, 6) is 2.86. The van der Waals surface area contributed by atoms with Crippen LogP contribution in [-0.2, 0) is 4.79 Å². The van der Waals surface area contributed by atoms with Gasteiger partial charge in [-0.1, -0.05) is 30.7 Å². The van der Waals surface area contributed by atoms with Gasteiger partial charge in [0, 0.05) is 30.5 Å². The number of hydrogen-bond donors (Lipinski definition) is 2. The molecule has 1 saturated heterocycles. The van der Waals surface area contributed by atoms with E-state index in [1.807, 2.05) is 36.9 Å². The highest BCUT2D eigenvalue weighted by Gasteiger charge is 2.18. The summed E-state index contributed by atoms with van der Waals surface area (Å²) in [6.45, 7) is 3.52. The van der Waals surface area contributed by atoms with Crippen molar-refractivity contribution in [1.82, 2.24) is 10.6 Å². The van der Waals surface area contributed by atoms with Gasteiger partial charge >= 0.3 is 0 Å². The van der Waals surface area contributed by atoms with Crippen LogP contribution in [0.4, 0.5) is 0 Å². The lowest BCUT2D eigenvalue weighted by Crippen LogP contribution is -2.43. The monoisotopic (exact) mass is 342 g/mol. The largest absolute Gasteiger partial charge is 0.487 e. The quantitative estimate of drug-likeness (QED) is 0.800. The maximum Gasteiger partial charge on any atom is 0.221 e. The number of halogens is 1. The Balaban J connectivity index is 1.75. The zero-order chi connectivity index (χ0) is 15.8. The number of thioether (sulfide) groups is 1. The van der Waals surface area contributed by atoms with Gasteiger partial charge in [-0.3, -0.25) is 4.79 Å². The van der Waals surface area contributed by atoms with Crippen LogP contribution in [0.1, 0.15) is 19.8 Å². The first-order valence-electron chi connectivity index (χ1n) is 7.68. The molecule has 1 fully saturated rings. The number of hydrogen-bond acceptors (Lipinski definition) is 4. The summed E-state index contributed by atoms with van der Waals surface area (Å²) in [5, 5.41) is 6.93. The van der Waals surface area contributed by atoms with Crippen molar-refractivity contribution in [2.75, 3.05) is 24.6 Å². The molecule has 2 unspecified atom stereocenters. The summed E-state index contributed by atoms with van der Waals surface area (Å²) >= 11 is 7.99. The minimum atomic E-state index is -0.0717. The van der Waals surface area contributed by atoms with E-state index >= 15 is 0 Å². The highest BCUT2D eigenvalue weighted by atomic mass is 35.5. The third-order valence-corrected chi connectivity index (χ3v) is 4.99. The topological polar surface area (TPSA) is 50.4 Å². The van der Waals surface area contributed by atoms with Gasteiger partial charge in [0.1, 0.15) is 11.9 Å². The standard InChI is InChI=1S/C16H23ClN2O2S/c1-2-13(21-15-6-4-3-5-14(15)17)10-19-16(20)9-12-11-22-8-7-18-12/h3-6,12-13,18H,2,7-11H2,1H3,(H,19,20). The molecule has 0 aromatic heterocycles. The molecule has 0 spiro atoms. The zero-order valence-corrected chi connectivity index (χ0v) is 14.4. The molecule has 2 atom stereocenters. The number of rotatable bonds is 7. The summed E-state index contributed by atoms with van der Waals surface area (Å²) < 4.78 is 5.87. The molecule has 2 rings (SSSR count). The lowest BCUT2D eigenvalue weighted by atomic mass is 10.2. The van der Waals surface area contributed by atoms with Crippen LogP contribution < -0.4 is 15.4 Å². The lowest BCUT2D eigenvalue weighted by molar-refractivity contribution is -0.121. The predicted octanol–water partition coefficient (Wildman–Crippen LogP) is 2.71. The average molecular weight is 343 g/mol. The molecule has 2 N–H and O–H groups in total. The molecule has 4 nitrogen and oxygen atoms in total. The van der Waals surface area contributed by atoms with Crippen LogP contribution in [0.2, 0.25) is 5.02 Å². The molecule has 122 valence electrons. The Labute approximate surface area is 141 Å². The van der Waals surface area contributed by atoms with Gasteiger partial charge in [0.15, 0.2) is 0 Å². The van der Waals surface area contributed by atoms with Gasteiger partial charge in [0.2, 0.25) is 5.91 Å². The normalized spacial score (nSPS) is 19.5. The molecule has 6 heteroatoms. The van der Waals surface area contributed by atoms with Crippen molar-refractivity contribution in [2.45, 2.75) is 31.9 Å². The summed E-state index contributed by atoms with van der Waals surface area (Å²) in [4.78, 5) is 12.0. The molecule has 22 heavy (non-hydrogen) atoms. The maximum absolute atomic E-state index is 12.0. The van der Waals surface area contributed by atoms with Crippen LogP contribution in [0, 0.1) is 0 Å². The Hall–Kier alpha value is -0.910. The van der Waals surface area contributed by atoms with Crippen molar-refractivity contribution in [1.29, 1.82) is 0 Å². The number of nitrogens with one attached hydrogen (secondary N) is 2. The van der Waals surface area contributed by atoms with Crippen molar-refractivity contribution >= 4 is 29.3 Å². The van der Waals surface area contributed by atoms with Crippen LogP contribution in [-0.4, -0.2) is 42.6 Å². The number of amides is 1. The number of carbonyl (C=O) groups excluding carboxylic acids is 1. The smallest absolute Gasteiger partial charge is 0.221 e. The third-order valence-electron chi connectivity index (χ3n) is 3.54. The van der Waals surface area contributed by atoms with E-state index in [1.165, 1.54) is 0 Å². The van der Waals surface area contributed by atoms with Crippen LogP contribution in [0.3, 0.4) is 0 Å². The second-order valence-corrected chi connectivity index (χ2v) is 6.87. The molecule has 1 heterocycles. The van der Waals surface area contributed by atoms with Crippen LogP contribution in [0.5, 0.6) is 5.75 Å². The second kappa shape index (κ2) is 9.28. The molecule has 0 bridgehead atoms. The van der Waals surface area contributed by atoms with Gasteiger partial charge in [0.25, 0.3) is 0 Å². The lowest BCUT2D eigenvalue weighted by Gasteiger charge is -2.23. The maximum atomic E-state index is 12.0.